The van der Waals surface area contributed by atoms with E-state index in [1.165, 1.54) is 0 Å². The summed E-state index contributed by atoms with van der Waals surface area (Å²) in [5.74, 6) is 1.47. The highest BCUT2D eigenvalue weighted by atomic mass is 35.5. The molecule has 3 rings (SSSR count). The Morgan fingerprint density at radius 3 is 2.91 bits per heavy atom. The second-order valence-electron chi connectivity index (χ2n) is 5.39. The summed E-state index contributed by atoms with van der Waals surface area (Å²) in [6.45, 7) is 3.52. The van der Waals surface area contributed by atoms with E-state index in [1.807, 2.05) is 31.2 Å². The van der Waals surface area contributed by atoms with Crippen LogP contribution in [0.15, 0.2) is 30.3 Å². The van der Waals surface area contributed by atoms with E-state index in [0.29, 0.717) is 17.5 Å². The van der Waals surface area contributed by atoms with Crippen LogP contribution in [0.25, 0.3) is 22.4 Å². The zero-order valence-electron chi connectivity index (χ0n) is 13.2. The molecule has 0 saturated carbocycles. The van der Waals surface area contributed by atoms with Crippen LogP contribution in [0.1, 0.15) is 12.1 Å². The zero-order chi connectivity index (χ0) is 16.2. The van der Waals surface area contributed by atoms with Crippen molar-refractivity contribution < 1.29 is 4.74 Å². The number of H-pyrrole nitrogens is 1. The average Bonchev–Trinajstić information content (AvgIpc) is 2.91. The van der Waals surface area contributed by atoms with Crippen LogP contribution in [0, 0.1) is 6.92 Å². The minimum atomic E-state index is 0.649. The van der Waals surface area contributed by atoms with Crippen LogP contribution in [0.5, 0.6) is 0 Å². The lowest BCUT2D eigenvalue weighted by atomic mass is 10.2. The first-order valence-corrected chi connectivity index (χ1v) is 7.91. The third-order valence-electron chi connectivity index (χ3n) is 3.52. The number of rotatable bonds is 6. The van der Waals surface area contributed by atoms with E-state index >= 15 is 0 Å². The van der Waals surface area contributed by atoms with E-state index < -0.39 is 0 Å². The first-order valence-electron chi connectivity index (χ1n) is 7.53. The first-order chi connectivity index (χ1) is 11.2. The average molecular weight is 331 g/mol. The van der Waals surface area contributed by atoms with Gasteiger partial charge in [0.25, 0.3) is 0 Å². The molecule has 0 atom stereocenters. The van der Waals surface area contributed by atoms with Crippen molar-refractivity contribution in [2.45, 2.75) is 13.3 Å². The highest BCUT2D eigenvalue weighted by molar-refractivity contribution is 6.30. The lowest BCUT2D eigenvalue weighted by Crippen LogP contribution is -2.07. The van der Waals surface area contributed by atoms with Gasteiger partial charge >= 0.3 is 0 Å². The number of aromatic amines is 1. The Morgan fingerprint density at radius 1 is 1.26 bits per heavy atom. The number of methoxy groups -OCH3 is 1. The summed E-state index contributed by atoms with van der Waals surface area (Å²) >= 11 is 6.08. The fourth-order valence-electron chi connectivity index (χ4n) is 2.46. The maximum Gasteiger partial charge on any atom is 0.163 e. The maximum absolute atomic E-state index is 6.08. The number of aromatic nitrogens is 3. The molecule has 23 heavy (non-hydrogen) atoms. The van der Waals surface area contributed by atoms with Gasteiger partial charge in [0.2, 0.25) is 0 Å². The number of nitrogens with one attached hydrogen (secondary N) is 2. The Bertz CT molecular complexity index is 815. The Hall–Kier alpha value is -2.11. The summed E-state index contributed by atoms with van der Waals surface area (Å²) < 4.78 is 5.08. The van der Waals surface area contributed by atoms with E-state index in [2.05, 4.69) is 26.3 Å². The van der Waals surface area contributed by atoms with Crippen molar-refractivity contribution in [2.24, 2.45) is 0 Å². The van der Waals surface area contributed by atoms with Crippen molar-refractivity contribution in [2.75, 3.05) is 25.6 Å². The van der Waals surface area contributed by atoms with Crippen LogP contribution in [-0.4, -0.2) is 35.2 Å². The van der Waals surface area contributed by atoms with Crippen molar-refractivity contribution in [1.29, 1.82) is 0 Å². The van der Waals surface area contributed by atoms with Crippen molar-refractivity contribution in [3.8, 4) is 11.4 Å². The standard InChI is InChI=1S/C17H19ClN4O/c1-11-9-14-16(19-7-4-8-23-2)21-15(22-17(14)20-11)12-5-3-6-13(18)10-12/h3,5-6,9-10H,4,7-8H2,1-2H3,(H2,19,20,21,22). The quantitative estimate of drug-likeness (QED) is 0.670. The van der Waals surface area contributed by atoms with Crippen molar-refractivity contribution in [3.05, 3.63) is 41.0 Å². The van der Waals surface area contributed by atoms with E-state index in [9.17, 15) is 0 Å². The second-order valence-corrected chi connectivity index (χ2v) is 5.83. The summed E-state index contributed by atoms with van der Waals surface area (Å²) in [4.78, 5) is 12.6. The molecule has 120 valence electrons. The van der Waals surface area contributed by atoms with Gasteiger partial charge in [0, 0.05) is 36.5 Å². The predicted octanol–water partition coefficient (Wildman–Crippen LogP) is 4.04. The largest absolute Gasteiger partial charge is 0.385 e. The molecular formula is C17H19ClN4O. The smallest absolute Gasteiger partial charge is 0.163 e. The number of fused-ring (bicyclic) bond motifs is 1. The number of halogens is 1. The van der Waals surface area contributed by atoms with Crippen molar-refractivity contribution in [1.82, 2.24) is 15.0 Å². The van der Waals surface area contributed by atoms with Gasteiger partial charge in [-0.25, -0.2) is 9.97 Å². The molecular weight excluding hydrogens is 312 g/mol. The molecule has 0 radical (unpaired) electrons. The topological polar surface area (TPSA) is 62.8 Å². The van der Waals surface area contributed by atoms with Crippen LogP contribution in [-0.2, 0) is 4.74 Å². The second kappa shape index (κ2) is 6.98. The van der Waals surface area contributed by atoms with Crippen LogP contribution in [0.4, 0.5) is 5.82 Å². The summed E-state index contributed by atoms with van der Waals surface area (Å²) in [5, 5.41) is 5.04. The Morgan fingerprint density at radius 2 is 2.13 bits per heavy atom. The Balaban J connectivity index is 1.99. The molecule has 0 aliphatic rings. The van der Waals surface area contributed by atoms with E-state index in [0.717, 1.165) is 41.1 Å². The summed E-state index contributed by atoms with van der Waals surface area (Å²) in [6, 6.07) is 9.61. The van der Waals surface area contributed by atoms with Crippen LogP contribution in [0.3, 0.4) is 0 Å². The minimum Gasteiger partial charge on any atom is -0.385 e. The molecule has 2 heterocycles. The van der Waals surface area contributed by atoms with E-state index in [4.69, 9.17) is 16.3 Å². The molecule has 0 unspecified atom stereocenters. The number of anilines is 1. The molecule has 0 fully saturated rings. The zero-order valence-corrected chi connectivity index (χ0v) is 13.9. The monoisotopic (exact) mass is 330 g/mol. The van der Waals surface area contributed by atoms with Gasteiger partial charge in [0.1, 0.15) is 11.5 Å². The van der Waals surface area contributed by atoms with Gasteiger partial charge in [-0.2, -0.15) is 0 Å². The number of hydrogen-bond donors (Lipinski definition) is 2. The fourth-order valence-corrected chi connectivity index (χ4v) is 2.65. The number of aryl methyl sites for hydroxylation is 1. The van der Waals surface area contributed by atoms with Gasteiger partial charge in [0.15, 0.2) is 5.82 Å². The third-order valence-corrected chi connectivity index (χ3v) is 3.76. The van der Waals surface area contributed by atoms with Gasteiger partial charge in [0.05, 0.1) is 5.39 Å². The molecule has 1 aromatic carbocycles. The first kappa shape index (κ1) is 15.8. The number of ether oxygens (including phenoxy) is 1. The Kier molecular flexibility index (Phi) is 4.79. The summed E-state index contributed by atoms with van der Waals surface area (Å²) in [7, 11) is 1.70. The number of nitrogens with zero attached hydrogens (tertiary/aromatic N) is 2. The van der Waals surface area contributed by atoms with Crippen molar-refractivity contribution >= 4 is 28.5 Å². The molecule has 2 aromatic heterocycles. The molecule has 0 aliphatic heterocycles. The molecule has 3 aromatic rings. The highest BCUT2D eigenvalue weighted by Gasteiger charge is 2.11. The van der Waals surface area contributed by atoms with Crippen LogP contribution < -0.4 is 5.32 Å². The third kappa shape index (κ3) is 3.63. The number of hydrogen-bond acceptors (Lipinski definition) is 4. The van der Waals surface area contributed by atoms with E-state index in [-0.39, 0.29) is 0 Å². The van der Waals surface area contributed by atoms with Gasteiger partial charge in [-0.05, 0) is 31.5 Å². The molecule has 0 bridgehead atoms. The summed E-state index contributed by atoms with van der Waals surface area (Å²) in [6.07, 6.45) is 0.915. The highest BCUT2D eigenvalue weighted by Crippen LogP contribution is 2.26. The van der Waals surface area contributed by atoms with Gasteiger partial charge in [-0.3, -0.25) is 0 Å². The SMILES string of the molecule is COCCCNc1nc(-c2cccc(Cl)c2)nc2[nH]c(C)cc12. The lowest BCUT2D eigenvalue weighted by molar-refractivity contribution is 0.198. The van der Waals surface area contributed by atoms with Gasteiger partial charge in [-0.1, -0.05) is 23.7 Å². The molecule has 0 amide bonds. The normalized spacial score (nSPS) is 11.1. The lowest BCUT2D eigenvalue weighted by Gasteiger charge is -2.09. The molecule has 0 aliphatic carbocycles. The number of benzene rings is 1. The molecule has 2 N–H and O–H groups in total. The predicted molar refractivity (Wildman–Crippen MR) is 94.1 cm³/mol. The van der Waals surface area contributed by atoms with Crippen LogP contribution >= 0.6 is 11.6 Å². The molecule has 5 nitrogen and oxygen atoms in total. The minimum absolute atomic E-state index is 0.649. The van der Waals surface area contributed by atoms with Gasteiger partial charge in [-0.15, -0.1) is 0 Å². The van der Waals surface area contributed by atoms with E-state index in [1.54, 1.807) is 7.11 Å². The van der Waals surface area contributed by atoms with Crippen LogP contribution in [0.2, 0.25) is 5.02 Å². The Labute approximate surface area is 140 Å². The molecule has 6 heteroatoms. The summed E-state index contributed by atoms with van der Waals surface area (Å²) in [5.41, 5.74) is 2.77. The fraction of sp³-hybridized carbons (Fsp3) is 0.294. The van der Waals surface area contributed by atoms with Crippen molar-refractivity contribution in [3.63, 3.8) is 0 Å². The maximum atomic E-state index is 6.08. The molecule has 0 saturated heterocycles. The van der Waals surface area contributed by atoms with Gasteiger partial charge < -0.3 is 15.0 Å². The molecule has 0 spiro atoms.